The molecule has 110 valence electrons. The fourth-order valence-corrected chi connectivity index (χ4v) is 1.91. The minimum atomic E-state index is 0. The molecule has 2 aromatic carbocycles. The third kappa shape index (κ3) is 7.47. The van der Waals surface area contributed by atoms with Crippen LogP contribution in [0.15, 0.2) is 48.5 Å². The van der Waals surface area contributed by atoms with E-state index in [2.05, 4.69) is 45.0 Å². The van der Waals surface area contributed by atoms with Crippen molar-refractivity contribution >= 4 is 5.78 Å². The molecule has 1 nitrogen and oxygen atoms in total. The van der Waals surface area contributed by atoms with Crippen LogP contribution >= 0.6 is 0 Å². The van der Waals surface area contributed by atoms with Crippen LogP contribution in [-0.2, 0) is 23.5 Å². The number of carbonyl (C=O) groups is 1. The van der Waals surface area contributed by atoms with Gasteiger partial charge in [-0.2, -0.15) is 29.8 Å². The Balaban J connectivity index is 0.000000345. The molecule has 0 unspecified atom stereocenters. The average Bonchev–Trinajstić information content (AvgIpc) is 2.98. The second kappa shape index (κ2) is 8.94. The van der Waals surface area contributed by atoms with Gasteiger partial charge in [-0.3, -0.25) is 0 Å². The maximum atomic E-state index is 10.9. The molecule has 2 rings (SSSR count). The quantitative estimate of drug-likeness (QED) is 0.443. The van der Waals surface area contributed by atoms with Gasteiger partial charge >= 0.3 is 17.1 Å². The van der Waals surface area contributed by atoms with Crippen LogP contribution in [0, 0.1) is 5.41 Å². The third-order valence-corrected chi connectivity index (χ3v) is 2.77. The van der Waals surface area contributed by atoms with Crippen molar-refractivity contribution in [2.24, 2.45) is 5.41 Å². The summed E-state index contributed by atoms with van der Waals surface area (Å²) in [6, 6.07) is 16.0. The molecule has 0 spiro atoms. The second-order valence-corrected chi connectivity index (χ2v) is 5.98. The number of carbonyl (C=O) groups excluding carboxylic acids is 1. The van der Waals surface area contributed by atoms with E-state index >= 15 is 0 Å². The fraction of sp³-hybridized carbons (Fsp3) is 0.389. The van der Waals surface area contributed by atoms with Crippen LogP contribution in [0.4, 0.5) is 0 Å². The van der Waals surface area contributed by atoms with Crippen molar-refractivity contribution < 1.29 is 21.9 Å². The molecule has 0 heterocycles. The molecule has 2 aromatic rings. The molecule has 0 saturated heterocycles. The molecule has 0 saturated carbocycles. The van der Waals surface area contributed by atoms with E-state index in [9.17, 15) is 4.79 Å². The summed E-state index contributed by atoms with van der Waals surface area (Å²) in [7, 11) is 0. The van der Waals surface area contributed by atoms with Gasteiger partial charge in [0.25, 0.3) is 0 Å². The zero-order chi connectivity index (χ0) is 14.3. The van der Waals surface area contributed by atoms with E-state index in [0.29, 0.717) is 11.8 Å². The van der Waals surface area contributed by atoms with Crippen molar-refractivity contribution in [2.45, 2.75) is 40.5 Å². The van der Waals surface area contributed by atoms with Gasteiger partial charge in [0.1, 0.15) is 5.78 Å². The Labute approximate surface area is 133 Å². The van der Waals surface area contributed by atoms with Gasteiger partial charge in [0.15, 0.2) is 0 Å². The SMILES string of the molecule is CC(C)(C)C[c-]1cccc1.CCC(=O)[c-]1cccc1.[Fe+2]. The Morgan fingerprint density at radius 1 is 0.950 bits per heavy atom. The molecule has 0 N–H and O–H groups in total. The topological polar surface area (TPSA) is 17.1 Å². The number of hydrogen-bond donors (Lipinski definition) is 0. The van der Waals surface area contributed by atoms with Crippen LogP contribution in [0.25, 0.3) is 0 Å². The summed E-state index contributed by atoms with van der Waals surface area (Å²) in [6.45, 7) is 8.66. The number of ketones is 1. The Hall–Kier alpha value is -1.11. The Morgan fingerprint density at radius 2 is 1.40 bits per heavy atom. The zero-order valence-corrected chi connectivity index (χ0v) is 13.9. The van der Waals surface area contributed by atoms with Gasteiger partial charge in [-0.05, 0) is 11.8 Å². The molecule has 2 heteroatoms. The van der Waals surface area contributed by atoms with Gasteiger partial charge in [-0.1, -0.05) is 39.7 Å². The summed E-state index contributed by atoms with van der Waals surface area (Å²) in [5.41, 5.74) is 2.71. The van der Waals surface area contributed by atoms with Crippen LogP contribution in [0.5, 0.6) is 0 Å². The normalized spacial score (nSPS) is 10.2. The summed E-state index contributed by atoms with van der Waals surface area (Å²) in [5, 5.41) is 0. The molecule has 0 aliphatic rings. The van der Waals surface area contributed by atoms with Gasteiger partial charge < -0.3 is 4.79 Å². The minimum Gasteiger partial charge on any atom is -0.309 e. The Kier molecular flexibility index (Phi) is 8.45. The largest absolute Gasteiger partial charge is 2.00 e. The van der Waals surface area contributed by atoms with Crippen LogP contribution in [0.1, 0.15) is 50.0 Å². The van der Waals surface area contributed by atoms with E-state index in [1.165, 1.54) is 12.0 Å². The average molecular weight is 312 g/mol. The summed E-state index contributed by atoms with van der Waals surface area (Å²) >= 11 is 0. The van der Waals surface area contributed by atoms with Crippen molar-refractivity contribution in [3.63, 3.8) is 0 Å². The van der Waals surface area contributed by atoms with Crippen molar-refractivity contribution in [3.8, 4) is 0 Å². The zero-order valence-electron chi connectivity index (χ0n) is 12.8. The van der Waals surface area contributed by atoms with E-state index in [1.54, 1.807) is 0 Å². The fourth-order valence-electron chi connectivity index (χ4n) is 1.91. The maximum absolute atomic E-state index is 10.9. The van der Waals surface area contributed by atoms with Gasteiger partial charge in [0.2, 0.25) is 0 Å². The number of rotatable bonds is 3. The second-order valence-electron chi connectivity index (χ2n) is 5.98. The van der Waals surface area contributed by atoms with Gasteiger partial charge in [-0.25, -0.2) is 24.3 Å². The first-order valence-corrected chi connectivity index (χ1v) is 6.88. The van der Waals surface area contributed by atoms with Gasteiger partial charge in [0, 0.05) is 0 Å². The molecule has 0 aromatic heterocycles. The molecule has 0 atom stereocenters. The molecule has 0 amide bonds. The molecule has 0 aliphatic carbocycles. The summed E-state index contributed by atoms with van der Waals surface area (Å²) in [5.74, 6) is 0.222. The Morgan fingerprint density at radius 3 is 1.80 bits per heavy atom. The van der Waals surface area contributed by atoms with E-state index in [1.807, 2.05) is 31.2 Å². The van der Waals surface area contributed by atoms with Gasteiger partial charge in [-0.15, -0.1) is 0 Å². The monoisotopic (exact) mass is 312 g/mol. The van der Waals surface area contributed by atoms with Crippen molar-refractivity contribution in [2.75, 3.05) is 0 Å². The van der Waals surface area contributed by atoms with Crippen LogP contribution < -0.4 is 0 Å². The number of Topliss-reactive ketones (excluding diaryl/α,β-unsaturated/α-hetero) is 1. The predicted octanol–water partition coefficient (Wildman–Crippen LogP) is 4.99. The van der Waals surface area contributed by atoms with E-state index in [-0.39, 0.29) is 22.9 Å². The number of hydrogen-bond acceptors (Lipinski definition) is 1. The molecular formula is C18H24FeO. The predicted molar refractivity (Wildman–Crippen MR) is 81.9 cm³/mol. The van der Waals surface area contributed by atoms with Gasteiger partial charge in [0.05, 0.1) is 0 Å². The summed E-state index contributed by atoms with van der Waals surface area (Å²) < 4.78 is 0. The molecule has 20 heavy (non-hydrogen) atoms. The molecule has 0 bridgehead atoms. The molecule has 0 aliphatic heterocycles. The van der Waals surface area contributed by atoms with E-state index < -0.39 is 0 Å². The smallest absolute Gasteiger partial charge is 0.309 e. The Bertz CT molecular complexity index is 458. The molecular weight excluding hydrogens is 288 g/mol. The first-order valence-electron chi connectivity index (χ1n) is 6.88. The van der Waals surface area contributed by atoms with Crippen molar-refractivity contribution in [1.29, 1.82) is 0 Å². The first kappa shape index (κ1) is 18.9. The molecule has 0 radical (unpaired) electrons. The molecule has 0 fully saturated rings. The first-order chi connectivity index (χ1) is 8.92. The van der Waals surface area contributed by atoms with Crippen molar-refractivity contribution in [3.05, 3.63) is 59.7 Å². The van der Waals surface area contributed by atoms with E-state index in [0.717, 1.165) is 5.56 Å². The third-order valence-electron chi connectivity index (χ3n) is 2.77. The van der Waals surface area contributed by atoms with Crippen LogP contribution in [0.3, 0.4) is 0 Å². The summed E-state index contributed by atoms with van der Waals surface area (Å²) in [4.78, 5) is 10.9. The van der Waals surface area contributed by atoms with Crippen LogP contribution in [-0.4, -0.2) is 5.78 Å². The minimum absolute atomic E-state index is 0. The van der Waals surface area contributed by atoms with E-state index in [4.69, 9.17) is 0 Å². The standard InChI is InChI=1S/C10H15.C8H9O.Fe/c1-10(2,3)8-9-6-4-5-7-9;1-2-8(9)7-5-3-4-6-7;/h4-7H,8H2,1-3H3;3-6H,2H2,1H3;/q2*-1;+2. The maximum Gasteiger partial charge on any atom is 2.00 e. The summed E-state index contributed by atoms with van der Waals surface area (Å²) in [6.07, 6.45) is 1.78. The van der Waals surface area contributed by atoms with Crippen molar-refractivity contribution in [1.82, 2.24) is 0 Å². The van der Waals surface area contributed by atoms with Crippen LogP contribution in [0.2, 0.25) is 0 Å².